The minimum Gasteiger partial charge on any atom is -0.339 e. The molecule has 0 aliphatic heterocycles. The van der Waals surface area contributed by atoms with Crippen molar-refractivity contribution in [1.29, 1.82) is 0 Å². The number of hydrogen-bond donors (Lipinski definition) is 1. The summed E-state index contributed by atoms with van der Waals surface area (Å²) in [7, 11) is 0. The van der Waals surface area contributed by atoms with Crippen LogP contribution in [0.5, 0.6) is 0 Å². The number of hydrogen-bond acceptors (Lipinski definition) is 3. The van der Waals surface area contributed by atoms with Gasteiger partial charge in [-0.1, -0.05) is 23.2 Å². The van der Waals surface area contributed by atoms with E-state index in [0.29, 0.717) is 16.0 Å². The fraction of sp³-hybridized carbons (Fsp3) is 0.167. The molecule has 0 fully saturated rings. The summed E-state index contributed by atoms with van der Waals surface area (Å²) in [6.07, 6.45) is 1.42. The Balaban J connectivity index is 2.40. The maximum atomic E-state index is 6.10. The topological polar surface area (TPSA) is 37.8 Å². The molecule has 1 aromatic heterocycles. The monoisotopic (exact) mass is 345 g/mol. The predicted molar refractivity (Wildman–Crippen MR) is 79.0 cm³/mol. The number of anilines is 2. The van der Waals surface area contributed by atoms with Crippen LogP contribution in [-0.2, 0) is 0 Å². The van der Waals surface area contributed by atoms with Gasteiger partial charge in [-0.2, -0.15) is 0 Å². The van der Waals surface area contributed by atoms with Gasteiger partial charge < -0.3 is 5.32 Å². The second-order valence-electron chi connectivity index (χ2n) is 3.84. The predicted octanol–water partition coefficient (Wildman–Crippen LogP) is 4.91. The van der Waals surface area contributed by atoms with Crippen molar-refractivity contribution in [2.75, 3.05) is 5.32 Å². The summed E-state index contributed by atoms with van der Waals surface area (Å²) in [6, 6.07) is 3.79. The Hall–Kier alpha value is -0.840. The molecule has 18 heavy (non-hydrogen) atoms. The summed E-state index contributed by atoms with van der Waals surface area (Å²) >= 11 is 15.5. The zero-order valence-corrected chi connectivity index (χ0v) is 12.9. The van der Waals surface area contributed by atoms with Gasteiger partial charge >= 0.3 is 0 Å². The van der Waals surface area contributed by atoms with Gasteiger partial charge in [0.15, 0.2) is 0 Å². The van der Waals surface area contributed by atoms with Crippen molar-refractivity contribution in [1.82, 2.24) is 9.97 Å². The van der Waals surface area contributed by atoms with Gasteiger partial charge in [0, 0.05) is 15.1 Å². The molecule has 0 aliphatic carbocycles. The van der Waals surface area contributed by atoms with E-state index in [2.05, 4.69) is 31.2 Å². The lowest BCUT2D eigenvalue weighted by atomic mass is 10.2. The molecule has 3 nitrogen and oxygen atoms in total. The van der Waals surface area contributed by atoms with Crippen LogP contribution in [0.3, 0.4) is 0 Å². The summed E-state index contributed by atoms with van der Waals surface area (Å²) in [5, 5.41) is 4.31. The van der Waals surface area contributed by atoms with Crippen LogP contribution in [-0.4, -0.2) is 9.97 Å². The molecule has 0 amide bonds. The highest BCUT2D eigenvalue weighted by Gasteiger charge is 2.09. The molecule has 2 aromatic rings. The van der Waals surface area contributed by atoms with E-state index in [-0.39, 0.29) is 0 Å². The van der Waals surface area contributed by atoms with E-state index in [1.165, 1.54) is 6.33 Å². The molecule has 0 spiro atoms. The highest BCUT2D eigenvalue weighted by atomic mass is 79.9. The molecule has 0 saturated carbocycles. The van der Waals surface area contributed by atoms with Crippen LogP contribution in [0.15, 0.2) is 22.9 Å². The quantitative estimate of drug-likeness (QED) is 0.785. The Kier molecular flexibility index (Phi) is 4.10. The Morgan fingerprint density at radius 2 is 1.89 bits per heavy atom. The molecule has 0 aliphatic rings. The van der Waals surface area contributed by atoms with Crippen LogP contribution < -0.4 is 5.32 Å². The van der Waals surface area contributed by atoms with E-state index in [9.17, 15) is 0 Å². The smallest absolute Gasteiger partial charge is 0.138 e. The molecule has 6 heteroatoms. The van der Waals surface area contributed by atoms with Gasteiger partial charge in [-0.05, 0) is 47.5 Å². The lowest BCUT2D eigenvalue weighted by Crippen LogP contribution is -1.99. The summed E-state index contributed by atoms with van der Waals surface area (Å²) in [5.74, 6) is 0.663. The molecular formula is C12H10BrCl2N3. The van der Waals surface area contributed by atoms with Crippen LogP contribution in [0.25, 0.3) is 0 Å². The Labute approximate surface area is 124 Å². The summed E-state index contributed by atoms with van der Waals surface area (Å²) in [6.45, 7) is 3.80. The molecule has 1 aromatic carbocycles. The number of nitrogens with zero attached hydrogens (tertiary/aromatic N) is 2. The molecule has 0 bridgehead atoms. The third-order valence-corrected chi connectivity index (χ3v) is 3.97. The van der Waals surface area contributed by atoms with E-state index in [1.807, 2.05) is 26.0 Å². The van der Waals surface area contributed by atoms with Crippen molar-refractivity contribution in [3.8, 4) is 0 Å². The first kappa shape index (κ1) is 13.6. The molecule has 0 atom stereocenters. The van der Waals surface area contributed by atoms with Crippen molar-refractivity contribution in [3.05, 3.63) is 44.2 Å². The summed E-state index contributed by atoms with van der Waals surface area (Å²) in [4.78, 5) is 8.07. The van der Waals surface area contributed by atoms with Gasteiger partial charge in [0.1, 0.15) is 17.3 Å². The van der Waals surface area contributed by atoms with E-state index < -0.39 is 0 Å². The average molecular weight is 347 g/mol. The molecule has 94 valence electrons. The fourth-order valence-corrected chi connectivity index (χ4v) is 2.28. The summed E-state index contributed by atoms with van der Waals surface area (Å²) < 4.78 is 0.915. The van der Waals surface area contributed by atoms with E-state index in [0.717, 1.165) is 21.3 Å². The minimum absolute atomic E-state index is 0.432. The molecule has 1 heterocycles. The number of aryl methyl sites for hydroxylation is 1. The highest BCUT2D eigenvalue weighted by Crippen LogP contribution is 2.32. The van der Waals surface area contributed by atoms with Crippen LogP contribution >= 0.6 is 39.1 Å². The minimum atomic E-state index is 0.432. The van der Waals surface area contributed by atoms with Crippen LogP contribution in [0.1, 0.15) is 11.1 Å². The maximum absolute atomic E-state index is 6.10. The van der Waals surface area contributed by atoms with Gasteiger partial charge in [-0.15, -0.1) is 0 Å². The summed E-state index contributed by atoms with van der Waals surface area (Å²) in [5.41, 5.74) is 2.64. The van der Waals surface area contributed by atoms with E-state index in [4.69, 9.17) is 23.2 Å². The van der Waals surface area contributed by atoms with Crippen molar-refractivity contribution >= 4 is 50.6 Å². The Morgan fingerprint density at radius 3 is 2.61 bits per heavy atom. The lowest BCUT2D eigenvalue weighted by molar-refractivity contribution is 1.13. The van der Waals surface area contributed by atoms with Crippen molar-refractivity contribution < 1.29 is 0 Å². The van der Waals surface area contributed by atoms with Crippen molar-refractivity contribution in [2.45, 2.75) is 13.8 Å². The zero-order valence-electron chi connectivity index (χ0n) is 9.76. The number of rotatable bonds is 2. The van der Waals surface area contributed by atoms with Crippen LogP contribution in [0.4, 0.5) is 11.5 Å². The van der Waals surface area contributed by atoms with Gasteiger partial charge in [0.2, 0.25) is 0 Å². The zero-order chi connectivity index (χ0) is 13.3. The van der Waals surface area contributed by atoms with Crippen LogP contribution in [0.2, 0.25) is 10.2 Å². The average Bonchev–Trinajstić information content (AvgIpc) is 2.32. The first-order valence-corrected chi connectivity index (χ1v) is 6.73. The highest BCUT2D eigenvalue weighted by molar-refractivity contribution is 9.10. The largest absolute Gasteiger partial charge is 0.339 e. The number of nitrogens with one attached hydrogen (secondary N) is 1. The molecule has 1 N–H and O–H groups in total. The SMILES string of the molecule is Cc1cc(Br)c(Nc2ncnc(Cl)c2C)cc1Cl. The lowest BCUT2D eigenvalue weighted by Gasteiger charge is -2.12. The first-order valence-electron chi connectivity index (χ1n) is 5.19. The Bertz CT molecular complexity index is 602. The number of benzene rings is 1. The van der Waals surface area contributed by atoms with E-state index in [1.54, 1.807) is 0 Å². The molecule has 0 unspecified atom stereocenters. The third kappa shape index (κ3) is 2.76. The maximum Gasteiger partial charge on any atom is 0.138 e. The Morgan fingerprint density at radius 1 is 1.17 bits per heavy atom. The normalized spacial score (nSPS) is 10.5. The number of halogens is 3. The molecule has 0 saturated heterocycles. The van der Waals surface area contributed by atoms with Crippen molar-refractivity contribution in [2.24, 2.45) is 0 Å². The second-order valence-corrected chi connectivity index (χ2v) is 5.46. The first-order chi connectivity index (χ1) is 8.49. The fourth-order valence-electron chi connectivity index (χ4n) is 1.42. The van der Waals surface area contributed by atoms with Gasteiger partial charge in [0.05, 0.1) is 5.69 Å². The van der Waals surface area contributed by atoms with E-state index >= 15 is 0 Å². The standard InChI is InChI=1S/C12H10BrCl2N3/c1-6-3-8(13)10(4-9(6)14)18-12-7(2)11(15)16-5-17-12/h3-5H,1-2H3,(H,16,17,18). The number of aromatic nitrogens is 2. The second kappa shape index (κ2) is 5.43. The van der Waals surface area contributed by atoms with Crippen LogP contribution in [0, 0.1) is 13.8 Å². The third-order valence-electron chi connectivity index (χ3n) is 2.52. The molecule has 0 radical (unpaired) electrons. The van der Waals surface area contributed by atoms with Gasteiger partial charge in [0.25, 0.3) is 0 Å². The van der Waals surface area contributed by atoms with Gasteiger partial charge in [-0.3, -0.25) is 0 Å². The van der Waals surface area contributed by atoms with Crippen molar-refractivity contribution in [3.63, 3.8) is 0 Å². The van der Waals surface area contributed by atoms with Gasteiger partial charge in [-0.25, -0.2) is 9.97 Å². The molecule has 2 rings (SSSR count). The molecular weight excluding hydrogens is 337 g/mol.